The Bertz CT molecular complexity index is 787. The number of nitrogens with zero attached hydrogens (tertiary/aromatic N) is 1. The number of aliphatic hydroxyl groups is 2. The van der Waals surface area contributed by atoms with Crippen molar-refractivity contribution in [1.82, 2.24) is 5.32 Å². The van der Waals surface area contributed by atoms with Gasteiger partial charge in [0.1, 0.15) is 12.7 Å². The summed E-state index contributed by atoms with van der Waals surface area (Å²) in [5, 5.41) is 33.9. The molecule has 2 unspecified atom stereocenters. The highest BCUT2D eigenvalue weighted by atomic mass is 79.9. The van der Waals surface area contributed by atoms with E-state index in [2.05, 4.69) is 21.2 Å². The molecule has 3 N–H and O–H groups in total. The van der Waals surface area contributed by atoms with Gasteiger partial charge in [0.25, 0.3) is 5.69 Å². The maximum atomic E-state index is 11.6. The average molecular weight is 439 g/mol. The second-order valence-electron chi connectivity index (χ2n) is 5.75. The van der Waals surface area contributed by atoms with Gasteiger partial charge in [-0.25, -0.2) is 4.79 Å². The van der Waals surface area contributed by atoms with E-state index in [9.17, 15) is 25.1 Å². The van der Waals surface area contributed by atoms with Crippen LogP contribution in [0, 0.1) is 10.1 Å². The lowest BCUT2D eigenvalue weighted by atomic mass is 10.0. The normalized spacial score (nSPS) is 12.9. The Kier molecular flexibility index (Phi) is 7.71. The minimum absolute atomic E-state index is 0.00218. The highest BCUT2D eigenvalue weighted by molar-refractivity contribution is 9.10. The molecule has 0 aliphatic rings. The molecule has 144 valence electrons. The number of carbonyl (C=O) groups excluding carboxylic acids is 1. The van der Waals surface area contributed by atoms with Gasteiger partial charge in [0.2, 0.25) is 0 Å². The van der Waals surface area contributed by atoms with E-state index in [1.807, 2.05) is 30.3 Å². The van der Waals surface area contributed by atoms with Crippen LogP contribution in [-0.2, 0) is 11.3 Å². The molecule has 27 heavy (non-hydrogen) atoms. The first-order chi connectivity index (χ1) is 12.9. The highest BCUT2D eigenvalue weighted by Gasteiger charge is 2.26. The number of ether oxygens (including phenoxy) is 1. The number of benzene rings is 2. The fourth-order valence-corrected chi connectivity index (χ4v) is 2.74. The second-order valence-corrected chi connectivity index (χ2v) is 6.67. The van der Waals surface area contributed by atoms with Gasteiger partial charge in [0.05, 0.1) is 16.6 Å². The van der Waals surface area contributed by atoms with Gasteiger partial charge < -0.3 is 20.3 Å². The zero-order valence-electron chi connectivity index (χ0n) is 14.2. The third kappa shape index (κ3) is 6.31. The highest BCUT2D eigenvalue weighted by Crippen LogP contribution is 2.30. The lowest BCUT2D eigenvalue weighted by molar-refractivity contribution is -0.386. The summed E-state index contributed by atoms with van der Waals surface area (Å²) in [5.74, 6) is 0. The number of halogens is 1. The van der Waals surface area contributed by atoms with E-state index in [0.29, 0.717) is 4.47 Å². The molecule has 0 saturated carbocycles. The Morgan fingerprint density at radius 1 is 1.22 bits per heavy atom. The Morgan fingerprint density at radius 3 is 2.59 bits per heavy atom. The fourth-order valence-electron chi connectivity index (χ4n) is 2.39. The fraction of sp³-hybridized carbons (Fsp3) is 0.278. The molecule has 2 rings (SSSR count). The van der Waals surface area contributed by atoms with Crippen LogP contribution >= 0.6 is 15.9 Å². The number of alkyl carbamates (subject to hydrolysis) is 1. The monoisotopic (exact) mass is 438 g/mol. The quantitative estimate of drug-likeness (QED) is 0.429. The van der Waals surface area contributed by atoms with Gasteiger partial charge in [-0.05, 0) is 24.1 Å². The number of rotatable bonds is 8. The summed E-state index contributed by atoms with van der Waals surface area (Å²) in [6.45, 7) is 0.152. The van der Waals surface area contributed by atoms with E-state index >= 15 is 0 Å². The summed E-state index contributed by atoms with van der Waals surface area (Å²) < 4.78 is 5.52. The van der Waals surface area contributed by atoms with Gasteiger partial charge in [-0.1, -0.05) is 46.3 Å². The van der Waals surface area contributed by atoms with Crippen molar-refractivity contribution in [2.24, 2.45) is 0 Å². The number of nitrogens with one attached hydrogen (secondary N) is 1. The predicted octanol–water partition coefficient (Wildman–Crippen LogP) is 3.07. The molecule has 2 aromatic carbocycles. The zero-order chi connectivity index (χ0) is 19.8. The second kappa shape index (κ2) is 10.0. The van der Waals surface area contributed by atoms with E-state index in [-0.39, 0.29) is 30.8 Å². The van der Waals surface area contributed by atoms with Gasteiger partial charge >= 0.3 is 6.09 Å². The van der Waals surface area contributed by atoms with Crippen LogP contribution in [-0.4, -0.2) is 33.9 Å². The minimum atomic E-state index is -1.46. The molecule has 0 radical (unpaired) electrons. The molecule has 0 fully saturated rings. The molecule has 0 spiro atoms. The van der Waals surface area contributed by atoms with E-state index in [0.717, 1.165) is 5.56 Å². The van der Waals surface area contributed by atoms with Crippen LogP contribution in [0.3, 0.4) is 0 Å². The van der Waals surface area contributed by atoms with E-state index in [4.69, 9.17) is 4.74 Å². The van der Waals surface area contributed by atoms with Crippen molar-refractivity contribution in [2.45, 2.75) is 25.2 Å². The molecule has 0 saturated heterocycles. The third-order valence-electron chi connectivity index (χ3n) is 3.79. The largest absolute Gasteiger partial charge is 0.445 e. The van der Waals surface area contributed by atoms with Crippen LogP contribution in [0.2, 0.25) is 0 Å². The third-order valence-corrected chi connectivity index (χ3v) is 4.29. The summed E-state index contributed by atoms with van der Waals surface area (Å²) in [4.78, 5) is 22.1. The molecule has 0 aliphatic carbocycles. The molecule has 8 nitrogen and oxygen atoms in total. The smallest absolute Gasteiger partial charge is 0.407 e. The SMILES string of the molecule is O=C(NCCC(O)C(O)c1ccc(Br)cc1[N+](=O)[O-])OCc1ccccc1. The van der Waals surface area contributed by atoms with E-state index in [1.165, 1.54) is 18.2 Å². The minimum Gasteiger partial charge on any atom is -0.445 e. The molecule has 2 atom stereocenters. The molecule has 2 aromatic rings. The average Bonchev–Trinajstić information content (AvgIpc) is 2.66. The summed E-state index contributed by atoms with van der Waals surface area (Å²) in [6.07, 6.45) is -3.41. The molecule has 0 aromatic heterocycles. The Morgan fingerprint density at radius 2 is 1.93 bits per heavy atom. The van der Waals surface area contributed by atoms with Gasteiger partial charge in [-0.15, -0.1) is 0 Å². The maximum Gasteiger partial charge on any atom is 0.407 e. The summed E-state index contributed by atoms with van der Waals surface area (Å²) in [7, 11) is 0. The molecule has 0 bridgehead atoms. The van der Waals surface area contributed by atoms with Gasteiger partial charge in [-0.3, -0.25) is 10.1 Å². The first-order valence-corrected chi connectivity index (χ1v) is 8.92. The van der Waals surface area contributed by atoms with Crippen molar-refractivity contribution < 1.29 is 24.7 Å². The lowest BCUT2D eigenvalue weighted by Crippen LogP contribution is -2.30. The van der Waals surface area contributed by atoms with Crippen LogP contribution in [0.4, 0.5) is 10.5 Å². The Balaban J connectivity index is 1.82. The van der Waals surface area contributed by atoms with E-state index in [1.54, 1.807) is 0 Å². The van der Waals surface area contributed by atoms with Crippen LogP contribution in [0.1, 0.15) is 23.7 Å². The molecule has 0 heterocycles. The molecular formula is C18H19BrN2O6. The first kappa shape index (κ1) is 20.8. The number of hydrogen-bond acceptors (Lipinski definition) is 6. The van der Waals surface area contributed by atoms with Crippen molar-refractivity contribution in [3.8, 4) is 0 Å². The lowest BCUT2D eigenvalue weighted by Gasteiger charge is -2.18. The maximum absolute atomic E-state index is 11.6. The number of hydrogen-bond donors (Lipinski definition) is 3. The van der Waals surface area contributed by atoms with Gasteiger partial charge in [0, 0.05) is 17.1 Å². The first-order valence-electron chi connectivity index (χ1n) is 8.13. The molecular weight excluding hydrogens is 420 g/mol. The zero-order valence-corrected chi connectivity index (χ0v) is 15.8. The summed E-state index contributed by atoms with van der Waals surface area (Å²) in [5.41, 5.74) is 0.541. The van der Waals surface area contributed by atoms with Crippen molar-refractivity contribution in [2.75, 3.05) is 6.54 Å². The van der Waals surface area contributed by atoms with Crippen molar-refractivity contribution in [1.29, 1.82) is 0 Å². The van der Waals surface area contributed by atoms with Crippen LogP contribution < -0.4 is 5.32 Å². The number of aliphatic hydroxyl groups excluding tert-OH is 2. The summed E-state index contributed by atoms with van der Waals surface area (Å²) >= 11 is 3.13. The molecule has 9 heteroatoms. The van der Waals surface area contributed by atoms with Crippen molar-refractivity contribution in [3.05, 3.63) is 74.2 Å². The van der Waals surface area contributed by atoms with Gasteiger partial charge in [-0.2, -0.15) is 0 Å². The topological polar surface area (TPSA) is 122 Å². The van der Waals surface area contributed by atoms with E-state index < -0.39 is 23.2 Å². The Labute approximate surface area is 164 Å². The Hall–Kier alpha value is -2.49. The van der Waals surface area contributed by atoms with Crippen LogP contribution in [0.25, 0.3) is 0 Å². The molecule has 0 aliphatic heterocycles. The van der Waals surface area contributed by atoms with Crippen LogP contribution in [0.15, 0.2) is 53.0 Å². The summed E-state index contributed by atoms with van der Waals surface area (Å²) in [6, 6.07) is 13.3. The molecule has 1 amide bonds. The predicted molar refractivity (Wildman–Crippen MR) is 101 cm³/mol. The van der Waals surface area contributed by atoms with Gasteiger partial charge in [0.15, 0.2) is 0 Å². The standard InChI is InChI=1S/C18H19BrN2O6/c19-13-6-7-14(15(10-13)21(25)26)17(23)16(22)8-9-20-18(24)27-11-12-4-2-1-3-5-12/h1-7,10,16-17,22-23H,8-9,11H2,(H,20,24). The van der Waals surface area contributed by atoms with Crippen molar-refractivity contribution >= 4 is 27.7 Å². The number of nitro benzene ring substituents is 1. The van der Waals surface area contributed by atoms with Crippen LogP contribution in [0.5, 0.6) is 0 Å². The number of nitro groups is 1. The number of carbonyl (C=O) groups is 1. The van der Waals surface area contributed by atoms with Crippen molar-refractivity contribution in [3.63, 3.8) is 0 Å². The number of amides is 1.